The lowest BCUT2D eigenvalue weighted by Crippen LogP contribution is -2.54. The summed E-state index contributed by atoms with van der Waals surface area (Å²) in [6.45, 7) is 10.9. The van der Waals surface area contributed by atoms with Crippen molar-refractivity contribution in [3.63, 3.8) is 0 Å². The van der Waals surface area contributed by atoms with Crippen LogP contribution in [0.4, 0.5) is 0 Å². The zero-order valence-electron chi connectivity index (χ0n) is 14.3. The van der Waals surface area contributed by atoms with Crippen LogP contribution in [0.15, 0.2) is 23.8 Å². The molecule has 3 aliphatic rings. The molecule has 2 fully saturated rings. The molecule has 22 heavy (non-hydrogen) atoms. The van der Waals surface area contributed by atoms with Crippen molar-refractivity contribution in [2.75, 3.05) is 6.61 Å². The van der Waals surface area contributed by atoms with Gasteiger partial charge in [0.05, 0.1) is 0 Å². The van der Waals surface area contributed by atoms with Gasteiger partial charge in [-0.15, -0.1) is 0 Å². The average Bonchev–Trinajstić information content (AvgIpc) is 2.49. The number of fused-ring (bicyclic) bond motifs is 3. The average molecular weight is 302 g/mol. The number of hydrogen-bond acceptors (Lipinski definition) is 2. The zero-order valence-corrected chi connectivity index (χ0v) is 14.3. The van der Waals surface area contributed by atoms with Gasteiger partial charge in [0.25, 0.3) is 0 Å². The van der Waals surface area contributed by atoms with Gasteiger partial charge in [-0.25, -0.2) is 0 Å². The van der Waals surface area contributed by atoms with Crippen LogP contribution in [0.3, 0.4) is 0 Å². The van der Waals surface area contributed by atoms with Gasteiger partial charge in [-0.3, -0.25) is 4.79 Å². The van der Waals surface area contributed by atoms with Crippen molar-refractivity contribution < 1.29 is 9.90 Å². The van der Waals surface area contributed by atoms with Crippen molar-refractivity contribution in [3.8, 4) is 0 Å². The number of Topliss-reactive ketones (excluding diaryl/α,β-unsaturated/α-hetero) is 1. The number of ketones is 1. The minimum atomic E-state index is -0.0839. The molecular weight excluding hydrogens is 272 g/mol. The van der Waals surface area contributed by atoms with Crippen LogP contribution in [0, 0.1) is 28.6 Å². The molecule has 2 heteroatoms. The van der Waals surface area contributed by atoms with Gasteiger partial charge in [0, 0.05) is 13.0 Å². The van der Waals surface area contributed by atoms with E-state index in [2.05, 4.69) is 33.4 Å². The van der Waals surface area contributed by atoms with Gasteiger partial charge in [0.15, 0.2) is 5.78 Å². The molecule has 2 saturated carbocycles. The minimum Gasteiger partial charge on any atom is -0.396 e. The quantitative estimate of drug-likeness (QED) is 0.772. The third kappa shape index (κ3) is 2.22. The number of rotatable bonds is 2. The maximum Gasteiger partial charge on any atom is 0.159 e. The first kappa shape index (κ1) is 16.0. The number of aliphatic hydroxyl groups is 1. The first-order valence-corrected chi connectivity index (χ1v) is 8.83. The predicted molar refractivity (Wildman–Crippen MR) is 89.4 cm³/mol. The van der Waals surface area contributed by atoms with Crippen molar-refractivity contribution >= 4 is 5.78 Å². The summed E-state index contributed by atoms with van der Waals surface area (Å²) in [5.74, 6) is 1.43. The number of aliphatic hydroxyl groups excluding tert-OH is 1. The summed E-state index contributed by atoms with van der Waals surface area (Å²) in [5.41, 5.74) is 2.35. The van der Waals surface area contributed by atoms with Gasteiger partial charge < -0.3 is 5.11 Å². The fraction of sp³-hybridized carbons (Fsp3) is 0.750. The molecule has 3 rings (SSSR count). The third-order valence-corrected chi connectivity index (χ3v) is 7.12. The molecule has 0 aromatic carbocycles. The van der Waals surface area contributed by atoms with Crippen LogP contribution >= 0.6 is 0 Å². The van der Waals surface area contributed by atoms with Crippen molar-refractivity contribution in [2.24, 2.45) is 28.6 Å². The monoisotopic (exact) mass is 302 g/mol. The third-order valence-electron chi connectivity index (χ3n) is 7.12. The van der Waals surface area contributed by atoms with Gasteiger partial charge in [-0.1, -0.05) is 38.5 Å². The second kappa shape index (κ2) is 5.33. The Morgan fingerprint density at radius 1 is 1.36 bits per heavy atom. The van der Waals surface area contributed by atoms with Crippen molar-refractivity contribution in [3.05, 3.63) is 23.8 Å². The fourth-order valence-corrected chi connectivity index (χ4v) is 5.69. The van der Waals surface area contributed by atoms with E-state index in [4.69, 9.17) is 0 Å². The molecule has 0 bridgehead atoms. The SMILES string of the molecule is C=C(C)[C@@H]1C=C2C(=O)C[C@H]3[C@](C)(CO)CCC[C@]3(C)[C@H]2CC1. The summed E-state index contributed by atoms with van der Waals surface area (Å²) in [7, 11) is 0. The molecule has 0 heterocycles. The molecule has 0 radical (unpaired) electrons. The summed E-state index contributed by atoms with van der Waals surface area (Å²) in [5, 5.41) is 9.96. The van der Waals surface area contributed by atoms with Crippen molar-refractivity contribution in [1.29, 1.82) is 0 Å². The normalized spacial score (nSPS) is 44.8. The zero-order chi connectivity index (χ0) is 16.1. The molecule has 122 valence electrons. The van der Waals surface area contributed by atoms with E-state index in [0.29, 0.717) is 30.0 Å². The molecule has 2 nitrogen and oxygen atoms in total. The largest absolute Gasteiger partial charge is 0.396 e. The Kier molecular flexibility index (Phi) is 3.87. The van der Waals surface area contributed by atoms with Gasteiger partial charge >= 0.3 is 0 Å². The van der Waals surface area contributed by atoms with E-state index < -0.39 is 0 Å². The fourth-order valence-electron chi connectivity index (χ4n) is 5.69. The maximum absolute atomic E-state index is 12.8. The highest BCUT2D eigenvalue weighted by atomic mass is 16.3. The van der Waals surface area contributed by atoms with E-state index in [9.17, 15) is 9.90 Å². The lowest BCUT2D eigenvalue weighted by atomic mass is 9.45. The smallest absolute Gasteiger partial charge is 0.159 e. The van der Waals surface area contributed by atoms with Crippen LogP contribution in [0.25, 0.3) is 0 Å². The molecule has 0 saturated heterocycles. The molecule has 5 atom stereocenters. The maximum atomic E-state index is 12.8. The molecule has 0 unspecified atom stereocenters. The van der Waals surface area contributed by atoms with E-state index in [0.717, 1.165) is 24.8 Å². The van der Waals surface area contributed by atoms with Crippen molar-refractivity contribution in [1.82, 2.24) is 0 Å². The molecule has 0 spiro atoms. The van der Waals surface area contributed by atoms with E-state index >= 15 is 0 Å². The molecule has 0 aromatic rings. The molecular formula is C20H30O2. The lowest BCUT2D eigenvalue weighted by Gasteiger charge is -2.58. The Morgan fingerprint density at radius 2 is 2.09 bits per heavy atom. The Bertz CT molecular complexity index is 532. The number of allylic oxidation sites excluding steroid dienone is 3. The molecule has 3 aliphatic carbocycles. The minimum absolute atomic E-state index is 0.0839. The van der Waals surface area contributed by atoms with Crippen LogP contribution in [0.5, 0.6) is 0 Å². The highest BCUT2D eigenvalue weighted by molar-refractivity contribution is 5.97. The summed E-state index contributed by atoms with van der Waals surface area (Å²) in [6, 6.07) is 0. The Balaban J connectivity index is 2.00. The van der Waals surface area contributed by atoms with Gasteiger partial charge in [0.1, 0.15) is 0 Å². The van der Waals surface area contributed by atoms with Crippen LogP contribution in [0.1, 0.15) is 59.3 Å². The van der Waals surface area contributed by atoms with Crippen LogP contribution in [-0.2, 0) is 4.79 Å². The summed E-state index contributed by atoms with van der Waals surface area (Å²) in [6.07, 6.45) is 8.49. The number of carbonyl (C=O) groups excluding carboxylic acids is 1. The first-order valence-electron chi connectivity index (χ1n) is 8.83. The van der Waals surface area contributed by atoms with Gasteiger partial charge in [0.2, 0.25) is 0 Å². The van der Waals surface area contributed by atoms with E-state index in [1.807, 2.05) is 0 Å². The first-order chi connectivity index (χ1) is 10.3. The highest BCUT2D eigenvalue weighted by Gasteiger charge is 2.57. The number of hydrogen-bond donors (Lipinski definition) is 1. The Hall–Kier alpha value is -0.890. The second-order valence-corrected chi connectivity index (χ2v) is 8.56. The van der Waals surface area contributed by atoms with Gasteiger partial charge in [-0.05, 0) is 66.8 Å². The highest BCUT2D eigenvalue weighted by Crippen LogP contribution is 2.62. The summed E-state index contributed by atoms with van der Waals surface area (Å²) >= 11 is 0. The van der Waals surface area contributed by atoms with Crippen LogP contribution < -0.4 is 0 Å². The van der Waals surface area contributed by atoms with Crippen LogP contribution in [0.2, 0.25) is 0 Å². The predicted octanol–water partition coefficient (Wildman–Crippen LogP) is 4.29. The molecule has 0 amide bonds. The van der Waals surface area contributed by atoms with E-state index in [-0.39, 0.29) is 17.4 Å². The topological polar surface area (TPSA) is 37.3 Å². The standard InChI is InChI=1S/C20H30O2/c1-13(2)14-6-7-16-15(10-14)17(22)11-18-19(3,12-21)8-5-9-20(16,18)4/h10,14,16,18,21H,1,5-9,11-12H2,2-4H3/t14-,16-,18-,19-,20+/m0/s1. The van der Waals surface area contributed by atoms with Gasteiger partial charge in [-0.2, -0.15) is 0 Å². The summed E-state index contributed by atoms with van der Waals surface area (Å²) in [4.78, 5) is 12.8. The molecule has 0 aliphatic heterocycles. The Morgan fingerprint density at radius 3 is 2.73 bits per heavy atom. The van der Waals surface area contributed by atoms with Crippen molar-refractivity contribution in [2.45, 2.75) is 59.3 Å². The van der Waals surface area contributed by atoms with E-state index in [1.54, 1.807) is 0 Å². The molecule has 0 aromatic heterocycles. The lowest BCUT2D eigenvalue weighted by molar-refractivity contribution is -0.135. The number of carbonyl (C=O) groups is 1. The van der Waals surface area contributed by atoms with E-state index in [1.165, 1.54) is 18.4 Å². The van der Waals surface area contributed by atoms with Crippen LogP contribution in [-0.4, -0.2) is 17.5 Å². The summed E-state index contributed by atoms with van der Waals surface area (Å²) < 4.78 is 0. The molecule has 1 N–H and O–H groups in total. The second-order valence-electron chi connectivity index (χ2n) is 8.56. The Labute approximate surface area is 134 Å².